The summed E-state index contributed by atoms with van der Waals surface area (Å²) in [7, 11) is 3.12. The van der Waals surface area contributed by atoms with Crippen LogP contribution < -0.4 is 18.9 Å². The number of hydrazone groups is 1. The lowest BCUT2D eigenvalue weighted by Gasteiger charge is -2.20. The third-order valence-corrected chi connectivity index (χ3v) is 7.41. The van der Waals surface area contributed by atoms with Gasteiger partial charge in [-0.3, -0.25) is 10.2 Å². The molecular weight excluding hydrogens is 596 g/mol. The third-order valence-electron chi connectivity index (χ3n) is 5.91. The van der Waals surface area contributed by atoms with E-state index in [0.717, 1.165) is 10.6 Å². The summed E-state index contributed by atoms with van der Waals surface area (Å²) in [6.07, 6.45) is 2.19. The number of amides is 1. The molecule has 2 heterocycles. The molecule has 0 aromatic heterocycles. The monoisotopic (exact) mass is 620 g/mol. The molecule has 2 aliphatic heterocycles. The fourth-order valence-electron chi connectivity index (χ4n) is 4.04. The highest BCUT2D eigenvalue weighted by atomic mass is 79.9. The SMILES string of the molecule is COc1ccccc1OCCOc1c(Br)cc(C=C2C(=N)N3N=C(Cc4ccccc4)SC3=NC2=O)cc1OC. The minimum Gasteiger partial charge on any atom is -0.493 e. The zero-order chi connectivity index (χ0) is 28.1. The van der Waals surface area contributed by atoms with Crippen molar-refractivity contribution in [3.63, 3.8) is 0 Å². The Bertz CT molecular complexity index is 1540. The Balaban J connectivity index is 1.29. The minimum atomic E-state index is -0.496. The molecule has 0 radical (unpaired) electrons. The lowest BCUT2D eigenvalue weighted by Crippen LogP contribution is -2.35. The second kappa shape index (κ2) is 12.4. The zero-order valence-electron chi connectivity index (χ0n) is 21.7. The number of aliphatic imine (C=N–C) groups is 1. The van der Waals surface area contributed by atoms with Crippen molar-refractivity contribution in [2.45, 2.75) is 6.42 Å². The maximum Gasteiger partial charge on any atom is 0.283 e. The highest BCUT2D eigenvalue weighted by Gasteiger charge is 2.35. The number of carbonyl (C=O) groups excluding carboxylic acids is 1. The van der Waals surface area contributed by atoms with Crippen LogP contribution in [0.15, 0.2) is 86.9 Å². The number of ether oxygens (including phenoxy) is 4. The van der Waals surface area contributed by atoms with E-state index in [2.05, 4.69) is 26.0 Å². The molecule has 1 amide bonds. The van der Waals surface area contributed by atoms with Gasteiger partial charge in [-0.25, -0.2) is 0 Å². The van der Waals surface area contributed by atoms with Gasteiger partial charge in [0.1, 0.15) is 18.3 Å². The van der Waals surface area contributed by atoms with E-state index < -0.39 is 5.91 Å². The summed E-state index contributed by atoms with van der Waals surface area (Å²) in [5, 5.41) is 15.8. The number of amidine groups is 2. The third kappa shape index (κ3) is 6.05. The molecule has 0 bridgehead atoms. The standard InChI is InChI=1S/C29H25BrN4O5S/c1-36-22-10-6-7-11-23(22)38-12-13-39-26-21(30)15-19(16-24(26)37-2)14-20-27(31)34-29(32-28(20)35)40-25(33-34)17-18-8-4-3-5-9-18/h3-11,14-16,31H,12-13,17H2,1-2H3. The Kier molecular flexibility index (Phi) is 8.51. The Morgan fingerprint density at radius 2 is 1.65 bits per heavy atom. The molecule has 11 heteroatoms. The molecule has 0 fully saturated rings. The largest absolute Gasteiger partial charge is 0.493 e. The topological polar surface area (TPSA) is 106 Å². The quantitative estimate of drug-likeness (QED) is 0.226. The number of nitrogens with one attached hydrogen (secondary N) is 1. The minimum absolute atomic E-state index is 0.0329. The fourth-order valence-corrected chi connectivity index (χ4v) is 5.53. The second-order valence-electron chi connectivity index (χ2n) is 8.56. The van der Waals surface area contributed by atoms with Crippen molar-refractivity contribution in [1.29, 1.82) is 5.41 Å². The van der Waals surface area contributed by atoms with Crippen molar-refractivity contribution >= 4 is 55.7 Å². The summed E-state index contributed by atoms with van der Waals surface area (Å²) in [5.74, 6) is 1.68. The smallest absolute Gasteiger partial charge is 0.283 e. The molecule has 0 spiro atoms. The second-order valence-corrected chi connectivity index (χ2v) is 10.5. The predicted octanol–water partition coefficient (Wildman–Crippen LogP) is 5.79. The van der Waals surface area contributed by atoms with E-state index in [4.69, 9.17) is 24.4 Å². The van der Waals surface area contributed by atoms with E-state index in [-0.39, 0.29) is 24.6 Å². The van der Waals surface area contributed by atoms with Crippen LogP contribution in [0.3, 0.4) is 0 Å². The number of hydrogen-bond donors (Lipinski definition) is 1. The Morgan fingerprint density at radius 3 is 2.40 bits per heavy atom. The highest BCUT2D eigenvalue weighted by molar-refractivity contribution is 9.10. The predicted molar refractivity (Wildman–Crippen MR) is 160 cm³/mol. The molecule has 1 N–H and O–H groups in total. The number of nitrogens with zero attached hydrogens (tertiary/aromatic N) is 3. The van der Waals surface area contributed by atoms with Crippen LogP contribution in [0.2, 0.25) is 0 Å². The molecular formula is C29H25BrN4O5S. The van der Waals surface area contributed by atoms with Gasteiger partial charge in [-0.05, 0) is 69.2 Å². The number of methoxy groups -OCH3 is 2. The first-order valence-electron chi connectivity index (χ1n) is 12.3. The first kappa shape index (κ1) is 27.5. The van der Waals surface area contributed by atoms with E-state index in [1.54, 1.807) is 25.3 Å². The van der Waals surface area contributed by atoms with Gasteiger partial charge in [-0.1, -0.05) is 42.5 Å². The molecule has 5 rings (SSSR count). The lowest BCUT2D eigenvalue weighted by atomic mass is 10.1. The van der Waals surface area contributed by atoms with Crippen molar-refractivity contribution < 1.29 is 23.7 Å². The summed E-state index contributed by atoms with van der Waals surface area (Å²) in [5.41, 5.74) is 1.85. The van der Waals surface area contributed by atoms with Crippen LogP contribution in [0.1, 0.15) is 11.1 Å². The molecule has 3 aromatic rings. The molecule has 0 aliphatic carbocycles. The summed E-state index contributed by atoms with van der Waals surface area (Å²) in [6.45, 7) is 0.540. The van der Waals surface area contributed by atoms with Crippen LogP contribution in [0, 0.1) is 5.41 Å². The molecule has 0 unspecified atom stereocenters. The van der Waals surface area contributed by atoms with Crippen molar-refractivity contribution in [3.05, 3.63) is 87.9 Å². The first-order chi connectivity index (χ1) is 19.5. The Labute approximate surface area is 244 Å². The summed E-state index contributed by atoms with van der Waals surface area (Å²) in [4.78, 5) is 17.1. The normalized spacial score (nSPS) is 15.5. The van der Waals surface area contributed by atoms with Gasteiger partial charge < -0.3 is 18.9 Å². The number of carbonyl (C=O) groups is 1. The summed E-state index contributed by atoms with van der Waals surface area (Å²) >= 11 is 4.84. The average Bonchev–Trinajstić information content (AvgIpc) is 3.36. The van der Waals surface area contributed by atoms with Gasteiger partial charge in [0.15, 0.2) is 28.8 Å². The highest BCUT2D eigenvalue weighted by Crippen LogP contribution is 2.38. The Hall–Kier alpha value is -4.09. The van der Waals surface area contributed by atoms with Gasteiger partial charge in [0.2, 0.25) is 5.17 Å². The number of hydrogen-bond acceptors (Lipinski definition) is 8. The molecule has 3 aromatic carbocycles. The van der Waals surface area contributed by atoms with Gasteiger partial charge in [0, 0.05) is 6.42 Å². The van der Waals surface area contributed by atoms with E-state index in [9.17, 15) is 4.79 Å². The number of para-hydroxylation sites is 2. The maximum atomic E-state index is 12.9. The number of halogens is 1. The van der Waals surface area contributed by atoms with Crippen molar-refractivity contribution in [2.24, 2.45) is 10.1 Å². The number of thioether (sulfide) groups is 1. The van der Waals surface area contributed by atoms with Crippen LogP contribution in [-0.2, 0) is 11.2 Å². The van der Waals surface area contributed by atoms with Crippen molar-refractivity contribution in [2.75, 3.05) is 27.4 Å². The van der Waals surface area contributed by atoms with E-state index in [0.29, 0.717) is 44.6 Å². The summed E-state index contributed by atoms with van der Waals surface area (Å²) in [6, 6.07) is 20.8. The van der Waals surface area contributed by atoms with Crippen LogP contribution in [0.5, 0.6) is 23.0 Å². The van der Waals surface area contributed by atoms with Gasteiger partial charge >= 0.3 is 0 Å². The van der Waals surface area contributed by atoms with Crippen LogP contribution in [0.25, 0.3) is 6.08 Å². The van der Waals surface area contributed by atoms with Crippen LogP contribution in [0.4, 0.5) is 0 Å². The number of fused-ring (bicyclic) bond motifs is 1. The van der Waals surface area contributed by atoms with Crippen LogP contribution in [-0.4, -0.2) is 54.4 Å². The fraction of sp³-hybridized carbons (Fsp3) is 0.172. The Morgan fingerprint density at radius 1 is 0.950 bits per heavy atom. The van der Waals surface area contributed by atoms with Crippen molar-refractivity contribution in [1.82, 2.24) is 5.01 Å². The lowest BCUT2D eigenvalue weighted by molar-refractivity contribution is -0.114. The summed E-state index contributed by atoms with van der Waals surface area (Å²) < 4.78 is 23.2. The molecule has 9 nitrogen and oxygen atoms in total. The zero-order valence-corrected chi connectivity index (χ0v) is 24.1. The molecule has 204 valence electrons. The van der Waals surface area contributed by atoms with E-state index in [1.165, 1.54) is 23.9 Å². The number of benzene rings is 3. The number of rotatable bonds is 10. The molecule has 0 atom stereocenters. The van der Waals surface area contributed by atoms with Gasteiger partial charge in [0.25, 0.3) is 5.91 Å². The van der Waals surface area contributed by atoms with Crippen molar-refractivity contribution in [3.8, 4) is 23.0 Å². The van der Waals surface area contributed by atoms with E-state index in [1.807, 2.05) is 54.6 Å². The average molecular weight is 622 g/mol. The molecule has 0 saturated carbocycles. The first-order valence-corrected chi connectivity index (χ1v) is 13.9. The maximum absolute atomic E-state index is 12.9. The van der Waals surface area contributed by atoms with Gasteiger partial charge in [-0.2, -0.15) is 15.1 Å². The van der Waals surface area contributed by atoms with Gasteiger partial charge in [0.05, 0.1) is 24.3 Å². The molecule has 40 heavy (non-hydrogen) atoms. The molecule has 0 saturated heterocycles. The van der Waals surface area contributed by atoms with E-state index >= 15 is 0 Å². The molecule has 2 aliphatic rings. The van der Waals surface area contributed by atoms with Crippen LogP contribution >= 0.6 is 27.7 Å². The van der Waals surface area contributed by atoms with Gasteiger partial charge in [-0.15, -0.1) is 0 Å².